The van der Waals surface area contributed by atoms with Gasteiger partial charge in [-0.25, -0.2) is 0 Å². The van der Waals surface area contributed by atoms with Gasteiger partial charge in [0.2, 0.25) is 0 Å². The summed E-state index contributed by atoms with van der Waals surface area (Å²) in [5, 5.41) is 14.4. The lowest BCUT2D eigenvalue weighted by atomic mass is 10.1. The van der Waals surface area contributed by atoms with E-state index in [0.29, 0.717) is 17.8 Å². The number of carbonyl (C=O) groups is 2. The summed E-state index contributed by atoms with van der Waals surface area (Å²) >= 11 is 0. The van der Waals surface area contributed by atoms with Gasteiger partial charge in [-0.05, 0) is 30.5 Å². The number of nitrogens with zero attached hydrogens (tertiary/aromatic N) is 4. The Morgan fingerprint density at radius 1 is 0.966 bits per heavy atom. The topological polar surface area (TPSA) is 93.8 Å². The molecule has 1 aliphatic heterocycles. The molecule has 4 bridgehead atoms. The molecule has 2 aromatic heterocycles. The fourth-order valence-corrected chi connectivity index (χ4v) is 3.46. The summed E-state index contributed by atoms with van der Waals surface area (Å²) in [7, 11) is 1.72. The van der Waals surface area contributed by atoms with Gasteiger partial charge in [0.1, 0.15) is 0 Å². The predicted octanol–water partition coefficient (Wildman–Crippen LogP) is 2.84. The van der Waals surface area contributed by atoms with Crippen LogP contribution in [0.4, 0.5) is 5.69 Å². The zero-order valence-electron chi connectivity index (χ0n) is 16.4. The van der Waals surface area contributed by atoms with Gasteiger partial charge < -0.3 is 10.6 Å². The lowest BCUT2D eigenvalue weighted by Crippen LogP contribution is -2.26. The first-order valence-corrected chi connectivity index (χ1v) is 9.86. The highest BCUT2D eigenvalue weighted by Gasteiger charge is 2.19. The molecule has 3 heterocycles. The van der Waals surface area contributed by atoms with Crippen molar-refractivity contribution in [3.8, 4) is 11.1 Å². The van der Waals surface area contributed by atoms with Crippen LogP contribution in [0.5, 0.6) is 0 Å². The van der Waals surface area contributed by atoms with Crippen LogP contribution in [0.15, 0.2) is 42.9 Å². The van der Waals surface area contributed by atoms with Crippen LogP contribution < -0.4 is 10.6 Å². The highest BCUT2D eigenvalue weighted by Crippen LogP contribution is 2.22. The molecule has 0 saturated heterocycles. The van der Waals surface area contributed by atoms with Crippen molar-refractivity contribution in [1.82, 2.24) is 24.9 Å². The molecule has 29 heavy (non-hydrogen) atoms. The molecule has 4 rings (SSSR count). The number of hydrogen-bond acceptors (Lipinski definition) is 4. The Labute approximate surface area is 168 Å². The zero-order valence-corrected chi connectivity index (χ0v) is 16.4. The Morgan fingerprint density at radius 3 is 2.69 bits per heavy atom. The van der Waals surface area contributed by atoms with Gasteiger partial charge in [0.25, 0.3) is 11.8 Å². The van der Waals surface area contributed by atoms with Crippen LogP contribution in [0.3, 0.4) is 0 Å². The van der Waals surface area contributed by atoms with Crippen molar-refractivity contribution in [2.75, 3.05) is 11.9 Å². The van der Waals surface area contributed by atoms with Crippen LogP contribution in [0.25, 0.3) is 11.1 Å². The number of amides is 2. The van der Waals surface area contributed by atoms with Gasteiger partial charge in [-0.3, -0.25) is 19.0 Å². The van der Waals surface area contributed by atoms with E-state index in [9.17, 15) is 9.59 Å². The van der Waals surface area contributed by atoms with E-state index >= 15 is 0 Å². The van der Waals surface area contributed by atoms with Crippen LogP contribution in [-0.2, 0) is 13.6 Å². The minimum Gasteiger partial charge on any atom is -0.351 e. The lowest BCUT2D eigenvalue weighted by molar-refractivity contribution is 0.0948. The second kappa shape index (κ2) is 8.30. The van der Waals surface area contributed by atoms with Crippen molar-refractivity contribution in [1.29, 1.82) is 0 Å². The third-order valence-electron chi connectivity index (χ3n) is 4.98. The van der Waals surface area contributed by atoms with Crippen molar-refractivity contribution in [3.63, 3.8) is 0 Å². The highest BCUT2D eigenvalue weighted by molar-refractivity contribution is 6.08. The summed E-state index contributed by atoms with van der Waals surface area (Å²) in [5.74, 6) is -0.569. The van der Waals surface area contributed by atoms with E-state index in [2.05, 4.69) is 20.8 Å². The van der Waals surface area contributed by atoms with E-state index in [4.69, 9.17) is 0 Å². The molecule has 8 nitrogen and oxygen atoms in total. The van der Waals surface area contributed by atoms with Gasteiger partial charge in [-0.15, -0.1) is 0 Å². The molecule has 2 amide bonds. The van der Waals surface area contributed by atoms with Crippen LogP contribution >= 0.6 is 0 Å². The van der Waals surface area contributed by atoms with Crippen LogP contribution in [0.1, 0.15) is 46.5 Å². The van der Waals surface area contributed by atoms with Crippen molar-refractivity contribution in [2.45, 2.75) is 32.2 Å². The summed E-state index contributed by atoms with van der Waals surface area (Å²) in [6, 6.07) is 7.38. The summed E-state index contributed by atoms with van der Waals surface area (Å²) in [4.78, 5) is 25.3. The molecule has 0 saturated carbocycles. The monoisotopic (exact) mass is 392 g/mol. The smallest absolute Gasteiger partial charge is 0.273 e. The van der Waals surface area contributed by atoms with Crippen molar-refractivity contribution in [2.24, 2.45) is 7.05 Å². The lowest BCUT2D eigenvalue weighted by Gasteiger charge is -2.08. The Hall–Kier alpha value is -3.42. The third-order valence-corrected chi connectivity index (χ3v) is 4.98. The molecule has 0 fully saturated rings. The number of benzene rings is 1. The first-order chi connectivity index (χ1) is 14.1. The van der Waals surface area contributed by atoms with E-state index < -0.39 is 0 Å². The zero-order chi connectivity index (χ0) is 20.2. The molecule has 0 aliphatic carbocycles. The predicted molar refractivity (Wildman–Crippen MR) is 110 cm³/mol. The molecule has 8 heteroatoms. The minimum absolute atomic E-state index is 0.222. The number of rotatable bonds is 0. The first kappa shape index (κ1) is 18.9. The Morgan fingerprint density at radius 2 is 1.79 bits per heavy atom. The van der Waals surface area contributed by atoms with Gasteiger partial charge >= 0.3 is 0 Å². The Bertz CT molecular complexity index is 1040. The average Bonchev–Trinajstić information content (AvgIpc) is 3.33. The maximum atomic E-state index is 12.8. The second-order valence-corrected chi connectivity index (χ2v) is 7.26. The minimum atomic E-state index is -0.289. The van der Waals surface area contributed by atoms with Crippen molar-refractivity contribution >= 4 is 17.5 Å². The standard InChI is InChI=1S/C21H24N6O2/c1-26-14-18-19(25-26)21(29)22-9-4-2-3-5-10-27-13-17(12-23-27)15-7-6-8-16(11-15)20(28)24-18/h6-8,11-14H,2-5,9-10H2,1H3,(H,22,29)(H,24,28). The molecular weight excluding hydrogens is 368 g/mol. The fourth-order valence-electron chi connectivity index (χ4n) is 3.46. The maximum absolute atomic E-state index is 12.8. The van der Waals surface area contributed by atoms with E-state index in [0.717, 1.165) is 43.4 Å². The number of nitrogens with one attached hydrogen (secondary N) is 2. The molecule has 150 valence electrons. The van der Waals surface area contributed by atoms with Crippen LogP contribution in [0, 0.1) is 0 Å². The molecular formula is C21H24N6O2. The van der Waals surface area contributed by atoms with E-state index in [1.807, 2.05) is 35.3 Å². The number of hydrogen-bond donors (Lipinski definition) is 2. The summed E-state index contributed by atoms with van der Waals surface area (Å²) in [6.45, 7) is 1.43. The fraction of sp³-hybridized carbons (Fsp3) is 0.333. The van der Waals surface area contributed by atoms with E-state index in [1.54, 1.807) is 19.3 Å². The van der Waals surface area contributed by atoms with Gasteiger partial charge in [-0.2, -0.15) is 10.2 Å². The number of carbonyl (C=O) groups excluding carboxylic acids is 2. The largest absolute Gasteiger partial charge is 0.351 e. The number of aromatic nitrogens is 4. The third kappa shape index (κ3) is 4.37. The average molecular weight is 392 g/mol. The quantitative estimate of drug-likeness (QED) is 0.615. The van der Waals surface area contributed by atoms with Gasteiger partial charge in [-0.1, -0.05) is 25.0 Å². The molecule has 1 aromatic carbocycles. The van der Waals surface area contributed by atoms with E-state index in [-0.39, 0.29) is 17.5 Å². The molecule has 1 aliphatic rings. The summed E-state index contributed by atoms with van der Waals surface area (Å²) in [5.41, 5.74) is 3.02. The summed E-state index contributed by atoms with van der Waals surface area (Å²) in [6.07, 6.45) is 9.51. The van der Waals surface area contributed by atoms with Crippen molar-refractivity contribution < 1.29 is 9.59 Å². The summed E-state index contributed by atoms with van der Waals surface area (Å²) < 4.78 is 3.47. The van der Waals surface area contributed by atoms with E-state index in [1.165, 1.54) is 4.68 Å². The van der Waals surface area contributed by atoms with Gasteiger partial charge in [0, 0.05) is 43.7 Å². The number of anilines is 1. The second-order valence-electron chi connectivity index (χ2n) is 7.26. The molecule has 0 unspecified atom stereocenters. The molecule has 0 radical (unpaired) electrons. The first-order valence-electron chi connectivity index (χ1n) is 9.86. The molecule has 2 N–H and O–H groups in total. The van der Waals surface area contributed by atoms with Gasteiger partial charge in [0.05, 0.1) is 11.9 Å². The molecule has 0 spiro atoms. The highest BCUT2D eigenvalue weighted by atomic mass is 16.2. The van der Waals surface area contributed by atoms with Crippen molar-refractivity contribution in [3.05, 3.63) is 54.1 Å². The Kier molecular flexibility index (Phi) is 5.41. The van der Waals surface area contributed by atoms with Crippen LogP contribution in [-0.4, -0.2) is 37.9 Å². The number of fused-ring (bicyclic) bond motifs is 6. The van der Waals surface area contributed by atoms with Crippen LogP contribution in [0.2, 0.25) is 0 Å². The number of aryl methyl sites for hydroxylation is 2. The molecule has 3 aromatic rings. The normalized spacial score (nSPS) is 15.6. The Balaban J connectivity index is 1.66. The maximum Gasteiger partial charge on any atom is 0.273 e. The molecule has 0 atom stereocenters. The SMILES string of the molecule is Cn1cc2c(n1)C(=O)NCCCCCCn1cc(cn1)-c1cccc(c1)C(=O)N2. The van der Waals surface area contributed by atoms with Gasteiger partial charge in [0.15, 0.2) is 5.69 Å².